The van der Waals surface area contributed by atoms with E-state index < -0.39 is 11.7 Å². The average Bonchev–Trinajstić information content (AvgIpc) is 3.28. The van der Waals surface area contributed by atoms with Gasteiger partial charge >= 0.3 is 6.18 Å². The summed E-state index contributed by atoms with van der Waals surface area (Å²) in [6.07, 6.45) is -2.89. The van der Waals surface area contributed by atoms with E-state index in [1.807, 2.05) is 6.07 Å². The van der Waals surface area contributed by atoms with E-state index in [1.54, 1.807) is 29.3 Å². The average molecular weight is 513 g/mol. The number of amides is 1. The normalized spacial score (nSPS) is 14.9. The summed E-state index contributed by atoms with van der Waals surface area (Å²) in [6.45, 7) is 2.99. The Morgan fingerprint density at radius 1 is 1.03 bits per heavy atom. The second-order valence-corrected chi connectivity index (χ2v) is 8.69. The molecule has 1 aliphatic rings. The fourth-order valence-corrected chi connectivity index (χ4v) is 4.08. The van der Waals surface area contributed by atoms with Crippen molar-refractivity contribution in [3.8, 4) is 5.75 Å². The summed E-state index contributed by atoms with van der Waals surface area (Å²) in [5.74, 6) is -0.142. The minimum atomic E-state index is -4.45. The molecular weight excluding hydrogens is 492 g/mol. The van der Waals surface area contributed by atoms with Crippen molar-refractivity contribution in [2.75, 3.05) is 26.2 Å². The molecule has 1 aliphatic heterocycles. The van der Waals surface area contributed by atoms with Gasteiger partial charge in [-0.3, -0.25) is 9.69 Å². The van der Waals surface area contributed by atoms with E-state index in [0.717, 1.165) is 17.7 Å². The molecule has 2 heterocycles. The van der Waals surface area contributed by atoms with E-state index in [4.69, 9.17) is 27.9 Å². The molecule has 0 saturated carbocycles. The maximum Gasteiger partial charge on any atom is 0.416 e. The van der Waals surface area contributed by atoms with Gasteiger partial charge in [0.15, 0.2) is 12.4 Å². The van der Waals surface area contributed by atoms with Crippen LogP contribution >= 0.6 is 23.2 Å². The minimum Gasteiger partial charge on any atom is -0.471 e. The lowest BCUT2D eigenvalue weighted by Crippen LogP contribution is -2.48. The maximum atomic E-state index is 12.8. The Kier molecular flexibility index (Phi) is 7.35. The Morgan fingerprint density at radius 3 is 2.50 bits per heavy atom. The van der Waals surface area contributed by atoms with Crippen molar-refractivity contribution in [3.63, 3.8) is 0 Å². The van der Waals surface area contributed by atoms with E-state index >= 15 is 0 Å². The lowest BCUT2D eigenvalue weighted by atomic mass is 10.2. The number of aromatic nitrogens is 2. The number of halogens is 5. The lowest BCUT2D eigenvalue weighted by Gasteiger charge is -2.34. The molecular formula is C23H21Cl2F3N4O2. The molecule has 2 aromatic carbocycles. The largest absolute Gasteiger partial charge is 0.471 e. The molecule has 1 saturated heterocycles. The van der Waals surface area contributed by atoms with Gasteiger partial charge in [0.1, 0.15) is 5.75 Å². The summed E-state index contributed by atoms with van der Waals surface area (Å²) < 4.78 is 45.3. The van der Waals surface area contributed by atoms with Gasteiger partial charge in [0, 0.05) is 49.0 Å². The Balaban J connectivity index is 1.29. The van der Waals surface area contributed by atoms with Crippen LogP contribution in [0.4, 0.5) is 13.2 Å². The smallest absolute Gasteiger partial charge is 0.416 e. The molecule has 0 unspecified atom stereocenters. The molecule has 4 rings (SSSR count). The zero-order chi connectivity index (χ0) is 24.3. The van der Waals surface area contributed by atoms with Crippen LogP contribution in [0.1, 0.15) is 21.6 Å². The molecule has 3 aromatic rings. The zero-order valence-electron chi connectivity index (χ0n) is 17.9. The second kappa shape index (κ2) is 10.2. The van der Waals surface area contributed by atoms with Gasteiger partial charge in [-0.2, -0.15) is 18.3 Å². The Hall–Kier alpha value is -2.75. The number of carbonyl (C=O) groups excluding carboxylic acids is 1. The number of hydrogen-bond donors (Lipinski definition) is 0. The van der Waals surface area contributed by atoms with Crippen LogP contribution in [-0.4, -0.2) is 51.7 Å². The van der Waals surface area contributed by atoms with Crippen LogP contribution in [0.2, 0.25) is 10.0 Å². The third-order valence-electron chi connectivity index (χ3n) is 5.45. The molecule has 180 valence electrons. The van der Waals surface area contributed by atoms with Crippen LogP contribution in [0.5, 0.6) is 5.75 Å². The third kappa shape index (κ3) is 6.02. The van der Waals surface area contributed by atoms with Gasteiger partial charge in [0.25, 0.3) is 5.91 Å². The number of benzene rings is 2. The predicted octanol–water partition coefficient (Wildman–Crippen LogP) is 5.20. The van der Waals surface area contributed by atoms with Gasteiger partial charge in [-0.25, -0.2) is 4.68 Å². The van der Waals surface area contributed by atoms with E-state index in [1.165, 1.54) is 16.8 Å². The first-order chi connectivity index (χ1) is 16.2. The van der Waals surface area contributed by atoms with Crippen molar-refractivity contribution in [1.29, 1.82) is 0 Å². The zero-order valence-corrected chi connectivity index (χ0v) is 19.4. The van der Waals surface area contributed by atoms with E-state index in [9.17, 15) is 18.0 Å². The topological polar surface area (TPSA) is 50.6 Å². The number of alkyl halides is 3. The van der Waals surface area contributed by atoms with Crippen molar-refractivity contribution in [2.24, 2.45) is 0 Å². The van der Waals surface area contributed by atoms with Gasteiger partial charge < -0.3 is 9.64 Å². The molecule has 0 bridgehead atoms. The van der Waals surface area contributed by atoms with Crippen LogP contribution in [0, 0.1) is 0 Å². The summed E-state index contributed by atoms with van der Waals surface area (Å²) in [6, 6.07) is 11.6. The monoisotopic (exact) mass is 512 g/mol. The number of hydrogen-bond acceptors (Lipinski definition) is 4. The maximum absolute atomic E-state index is 12.8. The third-order valence-corrected chi connectivity index (χ3v) is 6.04. The summed E-state index contributed by atoms with van der Waals surface area (Å²) in [5, 5.41) is 5.41. The second-order valence-electron chi connectivity index (χ2n) is 7.84. The molecule has 0 atom stereocenters. The first-order valence-corrected chi connectivity index (χ1v) is 11.2. The minimum absolute atomic E-state index is 0.0649. The van der Waals surface area contributed by atoms with Crippen molar-refractivity contribution in [2.45, 2.75) is 19.5 Å². The van der Waals surface area contributed by atoms with Crippen molar-refractivity contribution < 1.29 is 22.7 Å². The Labute approximate surface area is 204 Å². The highest BCUT2D eigenvalue weighted by Crippen LogP contribution is 2.31. The van der Waals surface area contributed by atoms with Gasteiger partial charge in [-0.15, -0.1) is 0 Å². The molecule has 0 spiro atoms. The molecule has 11 heteroatoms. The summed E-state index contributed by atoms with van der Waals surface area (Å²) in [5.41, 5.74) is 0.436. The van der Waals surface area contributed by atoms with Gasteiger partial charge in [-0.05, 0) is 42.0 Å². The highest BCUT2D eigenvalue weighted by molar-refractivity contribution is 6.35. The van der Waals surface area contributed by atoms with Gasteiger partial charge in [-0.1, -0.05) is 35.3 Å². The van der Waals surface area contributed by atoms with Crippen LogP contribution in [0.25, 0.3) is 0 Å². The molecule has 6 nitrogen and oxygen atoms in total. The summed E-state index contributed by atoms with van der Waals surface area (Å²) in [7, 11) is 0. The first kappa shape index (κ1) is 24.4. The number of carbonyl (C=O) groups is 1. The Morgan fingerprint density at radius 2 is 1.79 bits per heavy atom. The number of piperazine rings is 1. The first-order valence-electron chi connectivity index (χ1n) is 10.5. The van der Waals surface area contributed by atoms with Gasteiger partial charge in [0.05, 0.1) is 5.56 Å². The molecule has 0 radical (unpaired) electrons. The molecule has 34 heavy (non-hydrogen) atoms. The fraction of sp³-hybridized carbons (Fsp3) is 0.304. The predicted molar refractivity (Wildman–Crippen MR) is 122 cm³/mol. The van der Waals surface area contributed by atoms with E-state index in [0.29, 0.717) is 42.8 Å². The van der Waals surface area contributed by atoms with E-state index in [-0.39, 0.29) is 24.1 Å². The van der Waals surface area contributed by atoms with Gasteiger partial charge in [0.2, 0.25) is 0 Å². The molecule has 1 aromatic heterocycles. The van der Waals surface area contributed by atoms with Crippen LogP contribution in [-0.2, 0) is 19.5 Å². The summed E-state index contributed by atoms with van der Waals surface area (Å²) in [4.78, 5) is 16.8. The SMILES string of the molecule is O=C(c1ccn(COc2cccc(C(F)(F)F)c2)n1)N1CCN(Cc2ccc(Cl)cc2Cl)CC1. The van der Waals surface area contributed by atoms with Crippen molar-refractivity contribution >= 4 is 29.1 Å². The molecule has 0 aliphatic carbocycles. The fourth-order valence-electron chi connectivity index (χ4n) is 3.61. The van der Waals surface area contributed by atoms with Crippen LogP contribution < -0.4 is 4.74 Å². The Bertz CT molecular complexity index is 1160. The molecule has 1 amide bonds. The van der Waals surface area contributed by atoms with Crippen LogP contribution in [0.3, 0.4) is 0 Å². The van der Waals surface area contributed by atoms with Crippen molar-refractivity contribution in [1.82, 2.24) is 19.6 Å². The standard InChI is InChI=1S/C23H21Cl2F3N4O2/c24-18-5-4-16(20(25)13-18)14-30-8-10-31(11-9-30)22(33)21-6-7-32(29-21)15-34-19-3-1-2-17(12-19)23(26,27)28/h1-7,12-13H,8-11,14-15H2. The van der Waals surface area contributed by atoms with E-state index in [2.05, 4.69) is 10.00 Å². The number of rotatable bonds is 6. The molecule has 1 fully saturated rings. The van der Waals surface area contributed by atoms with Crippen molar-refractivity contribution in [3.05, 3.63) is 81.6 Å². The quantitative estimate of drug-likeness (QED) is 0.455. The summed E-state index contributed by atoms with van der Waals surface area (Å²) >= 11 is 12.2. The lowest BCUT2D eigenvalue weighted by molar-refractivity contribution is -0.137. The highest BCUT2D eigenvalue weighted by atomic mass is 35.5. The molecule has 0 N–H and O–H groups in total. The number of nitrogens with zero attached hydrogens (tertiary/aromatic N) is 4. The number of ether oxygens (including phenoxy) is 1. The highest BCUT2D eigenvalue weighted by Gasteiger charge is 2.30. The van der Waals surface area contributed by atoms with Crippen LogP contribution in [0.15, 0.2) is 54.7 Å².